The van der Waals surface area contributed by atoms with Crippen LogP contribution in [0.25, 0.3) is 11.7 Å². The number of aromatic nitrogens is 2. The molecule has 6 nitrogen and oxygen atoms in total. The van der Waals surface area contributed by atoms with Gasteiger partial charge in [-0.05, 0) is 23.6 Å². The van der Waals surface area contributed by atoms with Gasteiger partial charge in [-0.1, -0.05) is 6.07 Å². The van der Waals surface area contributed by atoms with Crippen LogP contribution in [0.1, 0.15) is 10.8 Å². The van der Waals surface area contributed by atoms with E-state index in [1.54, 1.807) is 6.26 Å². The van der Waals surface area contributed by atoms with Crippen LogP contribution >= 0.6 is 11.3 Å². The van der Waals surface area contributed by atoms with Gasteiger partial charge in [0, 0.05) is 37.6 Å². The van der Waals surface area contributed by atoms with E-state index in [0.717, 1.165) is 32.7 Å². The number of piperazine rings is 1. The van der Waals surface area contributed by atoms with Crippen molar-refractivity contribution in [2.45, 2.75) is 13.1 Å². The predicted octanol–water partition coefficient (Wildman–Crippen LogP) is 2.71. The molecule has 0 bridgehead atoms. The quantitative estimate of drug-likeness (QED) is 0.717. The van der Waals surface area contributed by atoms with Gasteiger partial charge < -0.3 is 8.83 Å². The summed E-state index contributed by atoms with van der Waals surface area (Å²) >= 11 is 1.82. The fourth-order valence-electron chi connectivity index (χ4n) is 2.74. The average molecular weight is 330 g/mol. The lowest BCUT2D eigenvalue weighted by atomic mass is 10.3. The minimum atomic E-state index is 0.446. The van der Waals surface area contributed by atoms with Gasteiger partial charge in [0.05, 0.1) is 12.8 Å². The van der Waals surface area contributed by atoms with Crippen molar-refractivity contribution in [3.63, 3.8) is 0 Å². The molecule has 0 unspecified atom stereocenters. The molecule has 0 amide bonds. The molecule has 23 heavy (non-hydrogen) atoms. The highest BCUT2D eigenvalue weighted by atomic mass is 32.1. The minimum Gasteiger partial charge on any atom is -0.459 e. The molecule has 0 radical (unpaired) electrons. The molecule has 1 aliphatic rings. The fraction of sp³-hybridized carbons (Fsp3) is 0.375. The van der Waals surface area contributed by atoms with Crippen LogP contribution in [-0.4, -0.2) is 46.2 Å². The average Bonchev–Trinajstić information content (AvgIpc) is 3.31. The van der Waals surface area contributed by atoms with Gasteiger partial charge in [-0.25, -0.2) is 0 Å². The molecular formula is C16H18N4O2S. The van der Waals surface area contributed by atoms with Crippen LogP contribution in [0.2, 0.25) is 0 Å². The first-order valence-corrected chi connectivity index (χ1v) is 8.58. The van der Waals surface area contributed by atoms with E-state index in [0.29, 0.717) is 24.1 Å². The van der Waals surface area contributed by atoms with Gasteiger partial charge in [0.2, 0.25) is 5.89 Å². The van der Waals surface area contributed by atoms with Crippen molar-refractivity contribution in [1.29, 1.82) is 0 Å². The van der Waals surface area contributed by atoms with Gasteiger partial charge in [0.1, 0.15) is 0 Å². The van der Waals surface area contributed by atoms with Gasteiger partial charge in [-0.2, -0.15) is 0 Å². The Morgan fingerprint density at radius 2 is 1.83 bits per heavy atom. The van der Waals surface area contributed by atoms with Crippen LogP contribution in [-0.2, 0) is 13.1 Å². The molecule has 0 spiro atoms. The summed E-state index contributed by atoms with van der Waals surface area (Å²) in [7, 11) is 0. The van der Waals surface area contributed by atoms with Crippen LogP contribution in [0.15, 0.2) is 44.7 Å². The van der Waals surface area contributed by atoms with Gasteiger partial charge in [0.25, 0.3) is 5.89 Å². The van der Waals surface area contributed by atoms with E-state index in [1.165, 1.54) is 4.88 Å². The molecule has 0 aromatic carbocycles. The molecule has 4 heterocycles. The molecule has 7 heteroatoms. The standard InChI is InChI=1S/C16H18N4O2S/c1-4-14(21-9-1)16-18-17-15(22-16)12-20-7-5-19(6-8-20)11-13-3-2-10-23-13/h1-4,9-10H,5-8,11-12H2. The molecular weight excluding hydrogens is 312 g/mol. The monoisotopic (exact) mass is 330 g/mol. The molecule has 0 saturated carbocycles. The number of nitrogens with zero attached hydrogens (tertiary/aromatic N) is 4. The van der Waals surface area contributed by atoms with E-state index in [4.69, 9.17) is 8.83 Å². The summed E-state index contributed by atoms with van der Waals surface area (Å²) < 4.78 is 10.9. The van der Waals surface area contributed by atoms with Crippen LogP contribution in [0.4, 0.5) is 0 Å². The Bertz CT molecular complexity index is 715. The molecule has 3 aromatic rings. The largest absolute Gasteiger partial charge is 0.459 e. The first-order chi connectivity index (χ1) is 11.4. The summed E-state index contributed by atoms with van der Waals surface area (Å²) in [5.74, 6) is 1.70. The molecule has 1 fully saturated rings. The Morgan fingerprint density at radius 1 is 1.00 bits per heavy atom. The zero-order chi connectivity index (χ0) is 15.5. The minimum absolute atomic E-state index is 0.446. The summed E-state index contributed by atoms with van der Waals surface area (Å²) in [6, 6.07) is 7.95. The Balaban J connectivity index is 1.29. The highest BCUT2D eigenvalue weighted by molar-refractivity contribution is 7.09. The number of thiophene rings is 1. The lowest BCUT2D eigenvalue weighted by molar-refractivity contribution is 0.115. The van der Waals surface area contributed by atoms with Gasteiger partial charge in [-0.3, -0.25) is 9.80 Å². The van der Waals surface area contributed by atoms with Gasteiger partial charge in [-0.15, -0.1) is 21.5 Å². The van der Waals surface area contributed by atoms with E-state index in [-0.39, 0.29) is 0 Å². The fourth-order valence-corrected chi connectivity index (χ4v) is 3.48. The summed E-state index contributed by atoms with van der Waals surface area (Å²) in [6.45, 7) is 5.91. The zero-order valence-electron chi connectivity index (χ0n) is 12.7. The van der Waals surface area contributed by atoms with Gasteiger partial charge >= 0.3 is 0 Å². The Kier molecular flexibility index (Phi) is 4.23. The molecule has 120 valence electrons. The highest BCUT2D eigenvalue weighted by Gasteiger charge is 2.20. The summed E-state index contributed by atoms with van der Waals surface area (Å²) in [5.41, 5.74) is 0. The second-order valence-electron chi connectivity index (χ2n) is 5.61. The number of hydrogen-bond donors (Lipinski definition) is 0. The maximum absolute atomic E-state index is 5.67. The van der Waals surface area contributed by atoms with E-state index in [1.807, 2.05) is 23.5 Å². The summed E-state index contributed by atoms with van der Waals surface area (Å²) in [6.07, 6.45) is 1.60. The lowest BCUT2D eigenvalue weighted by Crippen LogP contribution is -2.45. The van der Waals surface area contributed by atoms with Crippen molar-refractivity contribution < 1.29 is 8.83 Å². The van der Waals surface area contributed by atoms with E-state index in [9.17, 15) is 0 Å². The topological polar surface area (TPSA) is 58.5 Å². The molecule has 0 N–H and O–H groups in total. The smallest absolute Gasteiger partial charge is 0.283 e. The number of hydrogen-bond acceptors (Lipinski definition) is 7. The Labute approximate surface area is 138 Å². The van der Waals surface area contributed by atoms with Crippen LogP contribution < -0.4 is 0 Å². The van der Waals surface area contributed by atoms with Crippen LogP contribution in [0.5, 0.6) is 0 Å². The van der Waals surface area contributed by atoms with Crippen molar-refractivity contribution in [3.8, 4) is 11.7 Å². The third-order valence-electron chi connectivity index (χ3n) is 3.98. The maximum atomic E-state index is 5.67. The van der Waals surface area contributed by atoms with Crippen molar-refractivity contribution in [3.05, 3.63) is 46.7 Å². The maximum Gasteiger partial charge on any atom is 0.283 e. The van der Waals surface area contributed by atoms with Crippen LogP contribution in [0.3, 0.4) is 0 Å². The van der Waals surface area contributed by atoms with Crippen molar-refractivity contribution >= 4 is 11.3 Å². The molecule has 1 saturated heterocycles. The Hall–Kier alpha value is -1.96. The second kappa shape index (κ2) is 6.66. The third-order valence-corrected chi connectivity index (χ3v) is 4.84. The molecule has 3 aromatic heterocycles. The van der Waals surface area contributed by atoms with Crippen molar-refractivity contribution in [2.75, 3.05) is 26.2 Å². The highest BCUT2D eigenvalue weighted by Crippen LogP contribution is 2.19. The predicted molar refractivity (Wildman–Crippen MR) is 86.9 cm³/mol. The molecule has 1 aliphatic heterocycles. The third kappa shape index (κ3) is 3.52. The van der Waals surface area contributed by atoms with Crippen LogP contribution in [0, 0.1) is 0 Å². The molecule has 0 aliphatic carbocycles. The zero-order valence-corrected chi connectivity index (χ0v) is 13.5. The number of furan rings is 1. The van der Waals surface area contributed by atoms with Crippen molar-refractivity contribution in [1.82, 2.24) is 20.0 Å². The summed E-state index contributed by atoms with van der Waals surface area (Å²) in [4.78, 5) is 6.27. The van der Waals surface area contributed by atoms with Gasteiger partial charge in [0.15, 0.2) is 5.76 Å². The number of rotatable bonds is 5. The Morgan fingerprint density at radius 3 is 2.52 bits per heavy atom. The molecule has 4 rings (SSSR count). The summed E-state index contributed by atoms with van der Waals surface area (Å²) in [5, 5.41) is 10.3. The second-order valence-corrected chi connectivity index (χ2v) is 6.64. The lowest BCUT2D eigenvalue weighted by Gasteiger charge is -2.33. The van der Waals surface area contributed by atoms with Crippen molar-refractivity contribution in [2.24, 2.45) is 0 Å². The van der Waals surface area contributed by atoms with E-state index < -0.39 is 0 Å². The van der Waals surface area contributed by atoms with E-state index in [2.05, 4.69) is 37.5 Å². The molecule has 0 atom stereocenters. The normalized spacial score (nSPS) is 16.9. The first kappa shape index (κ1) is 14.6. The SMILES string of the molecule is c1coc(-c2nnc(CN3CCN(Cc4cccs4)CC3)o2)c1. The first-order valence-electron chi connectivity index (χ1n) is 7.70. The van der Waals surface area contributed by atoms with E-state index >= 15 is 0 Å².